The van der Waals surface area contributed by atoms with Gasteiger partial charge in [0.15, 0.2) is 0 Å². The molecule has 1 aromatic carbocycles. The van der Waals surface area contributed by atoms with Crippen LogP contribution in [0, 0.1) is 34.6 Å². The first-order valence-electron chi connectivity index (χ1n) is 7.67. The molecule has 1 fully saturated rings. The summed E-state index contributed by atoms with van der Waals surface area (Å²) in [6.45, 7) is 11.1. The van der Waals surface area contributed by atoms with Crippen molar-refractivity contribution in [3.05, 3.63) is 27.8 Å². The van der Waals surface area contributed by atoms with Gasteiger partial charge < -0.3 is 10.6 Å². The number of hydrogen-bond acceptors (Lipinski definition) is 3. The minimum absolute atomic E-state index is 0.0972. The van der Waals surface area contributed by atoms with Crippen molar-refractivity contribution >= 4 is 27.7 Å². The molecule has 0 amide bonds. The lowest BCUT2D eigenvalue weighted by Crippen LogP contribution is -2.43. The maximum atomic E-state index is 12.8. The van der Waals surface area contributed by atoms with Crippen LogP contribution in [0.15, 0.2) is 9.29 Å². The van der Waals surface area contributed by atoms with E-state index in [4.69, 9.17) is 5.73 Å². The van der Waals surface area contributed by atoms with Crippen molar-refractivity contribution in [2.75, 3.05) is 24.6 Å². The highest BCUT2D eigenvalue weighted by molar-refractivity contribution is 7.99. The Morgan fingerprint density at radius 3 is 1.87 bits per heavy atom. The quantitative estimate of drug-likeness (QED) is 0.651. The van der Waals surface area contributed by atoms with Crippen molar-refractivity contribution in [3.8, 4) is 0 Å². The highest BCUT2D eigenvalue weighted by Gasteiger charge is 2.25. The lowest BCUT2D eigenvalue weighted by atomic mass is 9.95. The molecule has 0 aliphatic carbocycles. The van der Waals surface area contributed by atoms with E-state index in [1.54, 1.807) is 0 Å². The second kappa shape index (κ2) is 6.73. The maximum Gasteiger partial charge on any atom is 0.286 e. The van der Waals surface area contributed by atoms with Crippen LogP contribution in [0.1, 0.15) is 27.8 Å². The van der Waals surface area contributed by atoms with Gasteiger partial charge in [0, 0.05) is 24.6 Å². The van der Waals surface area contributed by atoms with Gasteiger partial charge in [-0.3, -0.25) is 0 Å². The summed E-state index contributed by atoms with van der Waals surface area (Å²) in [5, 5.41) is 0. The predicted octanol–water partition coefficient (Wildman–Crippen LogP) is 2.28. The molecule has 128 valence electrons. The van der Waals surface area contributed by atoms with Gasteiger partial charge in [-0.2, -0.15) is 20.2 Å². The molecule has 7 heteroatoms. The molecule has 1 aliphatic rings. The minimum atomic E-state index is -3.82. The van der Waals surface area contributed by atoms with Crippen LogP contribution in [-0.2, 0) is 10.0 Å². The normalized spacial score (nSPS) is 16.7. The first-order chi connectivity index (χ1) is 10.7. The molecule has 0 saturated carbocycles. The third-order valence-electron chi connectivity index (χ3n) is 4.74. The fourth-order valence-electron chi connectivity index (χ4n) is 2.87. The number of guanidine groups is 1. The van der Waals surface area contributed by atoms with E-state index in [2.05, 4.69) is 4.40 Å². The predicted molar refractivity (Wildman–Crippen MR) is 97.8 cm³/mol. The van der Waals surface area contributed by atoms with Crippen molar-refractivity contribution in [2.24, 2.45) is 10.1 Å². The van der Waals surface area contributed by atoms with Gasteiger partial charge in [0.25, 0.3) is 10.0 Å². The number of thioether (sulfide) groups is 1. The van der Waals surface area contributed by atoms with Gasteiger partial charge in [0.1, 0.15) is 0 Å². The monoisotopic (exact) mass is 355 g/mol. The van der Waals surface area contributed by atoms with Crippen molar-refractivity contribution < 1.29 is 8.42 Å². The zero-order valence-electron chi connectivity index (χ0n) is 14.4. The zero-order valence-corrected chi connectivity index (χ0v) is 16.1. The zero-order chi connectivity index (χ0) is 17.4. The molecule has 1 aliphatic heterocycles. The molecule has 0 bridgehead atoms. The van der Waals surface area contributed by atoms with E-state index < -0.39 is 10.0 Å². The van der Waals surface area contributed by atoms with E-state index in [0.29, 0.717) is 4.90 Å². The van der Waals surface area contributed by atoms with Gasteiger partial charge >= 0.3 is 0 Å². The van der Waals surface area contributed by atoms with Gasteiger partial charge in [0.05, 0.1) is 4.90 Å². The van der Waals surface area contributed by atoms with Crippen LogP contribution in [-0.4, -0.2) is 43.9 Å². The molecule has 5 nitrogen and oxygen atoms in total. The fraction of sp³-hybridized carbons (Fsp3) is 0.562. The van der Waals surface area contributed by atoms with Crippen LogP contribution in [0.4, 0.5) is 0 Å². The molecule has 1 saturated heterocycles. The van der Waals surface area contributed by atoms with E-state index in [0.717, 1.165) is 52.4 Å². The standard InChI is InChI=1S/C16H25N3O2S2/c1-10-11(2)13(4)15(14(5)12(10)3)23(20,21)18-16(17)19-6-8-22-9-7-19/h6-9H2,1-5H3,(H2,17,18). The molecule has 0 radical (unpaired) electrons. The number of sulfonamides is 1. The molecule has 0 atom stereocenters. The fourth-order valence-corrected chi connectivity index (χ4v) is 5.31. The Kier molecular flexibility index (Phi) is 5.30. The second-order valence-corrected chi connectivity index (χ2v) is 8.74. The van der Waals surface area contributed by atoms with E-state index in [-0.39, 0.29) is 5.96 Å². The van der Waals surface area contributed by atoms with E-state index in [1.807, 2.05) is 51.3 Å². The van der Waals surface area contributed by atoms with Gasteiger partial charge in [-0.05, 0) is 62.4 Å². The van der Waals surface area contributed by atoms with E-state index >= 15 is 0 Å². The Morgan fingerprint density at radius 2 is 1.39 bits per heavy atom. The Labute approximate surface area is 143 Å². The topological polar surface area (TPSA) is 75.8 Å². The molecule has 1 aromatic rings. The van der Waals surface area contributed by atoms with Crippen LogP contribution in [0.2, 0.25) is 0 Å². The SMILES string of the molecule is Cc1c(C)c(C)c(S(=O)(=O)N=C(N)N2CCSCC2)c(C)c1C. The van der Waals surface area contributed by atoms with Crippen molar-refractivity contribution in [3.63, 3.8) is 0 Å². The summed E-state index contributed by atoms with van der Waals surface area (Å²) < 4.78 is 29.6. The molecular formula is C16H25N3O2S2. The van der Waals surface area contributed by atoms with Crippen molar-refractivity contribution in [1.29, 1.82) is 0 Å². The third-order valence-corrected chi connectivity index (χ3v) is 7.24. The van der Waals surface area contributed by atoms with Crippen LogP contribution < -0.4 is 5.73 Å². The highest BCUT2D eigenvalue weighted by atomic mass is 32.2. The van der Waals surface area contributed by atoms with E-state index in [9.17, 15) is 8.42 Å². The smallest absolute Gasteiger partial charge is 0.286 e. The average molecular weight is 356 g/mol. The number of nitrogens with zero attached hydrogens (tertiary/aromatic N) is 2. The van der Waals surface area contributed by atoms with Gasteiger partial charge in [-0.25, -0.2) is 0 Å². The number of rotatable bonds is 2. The first-order valence-corrected chi connectivity index (χ1v) is 10.3. The van der Waals surface area contributed by atoms with Gasteiger partial charge in [-0.1, -0.05) is 0 Å². The summed E-state index contributed by atoms with van der Waals surface area (Å²) in [5.74, 6) is 1.98. The Hall–Kier alpha value is -1.21. The molecule has 1 heterocycles. The van der Waals surface area contributed by atoms with Gasteiger partial charge in [0.2, 0.25) is 5.96 Å². The average Bonchev–Trinajstić information content (AvgIpc) is 2.51. The van der Waals surface area contributed by atoms with Crippen LogP contribution in [0.5, 0.6) is 0 Å². The second-order valence-electron chi connectivity index (χ2n) is 5.98. The lowest BCUT2D eigenvalue weighted by Gasteiger charge is -2.27. The summed E-state index contributed by atoms with van der Waals surface area (Å²) in [6, 6.07) is 0. The molecule has 0 aromatic heterocycles. The highest BCUT2D eigenvalue weighted by Crippen LogP contribution is 2.30. The Bertz CT molecular complexity index is 720. The summed E-state index contributed by atoms with van der Waals surface area (Å²) in [6.07, 6.45) is 0. The first kappa shape index (κ1) is 18.1. The minimum Gasteiger partial charge on any atom is -0.369 e. The van der Waals surface area contributed by atoms with Crippen LogP contribution in [0.25, 0.3) is 0 Å². The largest absolute Gasteiger partial charge is 0.369 e. The number of nitrogens with two attached hydrogens (primary N) is 1. The Morgan fingerprint density at radius 1 is 0.957 bits per heavy atom. The third kappa shape index (κ3) is 3.50. The summed E-state index contributed by atoms with van der Waals surface area (Å²) in [7, 11) is -3.82. The van der Waals surface area contributed by atoms with Crippen molar-refractivity contribution in [2.45, 2.75) is 39.5 Å². The van der Waals surface area contributed by atoms with E-state index in [1.165, 1.54) is 0 Å². The van der Waals surface area contributed by atoms with Crippen molar-refractivity contribution in [1.82, 2.24) is 4.90 Å². The summed E-state index contributed by atoms with van der Waals surface area (Å²) in [4.78, 5) is 2.14. The van der Waals surface area contributed by atoms with Gasteiger partial charge in [-0.15, -0.1) is 4.40 Å². The molecular weight excluding hydrogens is 330 g/mol. The Balaban J connectivity index is 2.52. The molecule has 0 spiro atoms. The molecule has 23 heavy (non-hydrogen) atoms. The molecule has 0 unspecified atom stereocenters. The summed E-state index contributed by atoms with van der Waals surface area (Å²) >= 11 is 1.84. The molecule has 2 N–H and O–H groups in total. The lowest BCUT2D eigenvalue weighted by molar-refractivity contribution is 0.458. The number of hydrogen-bond donors (Lipinski definition) is 1. The number of benzene rings is 1. The van der Waals surface area contributed by atoms with Crippen LogP contribution in [0.3, 0.4) is 0 Å². The maximum absolute atomic E-state index is 12.8. The summed E-state index contributed by atoms with van der Waals surface area (Å²) in [5.41, 5.74) is 10.6. The van der Waals surface area contributed by atoms with Crippen LogP contribution >= 0.6 is 11.8 Å². The molecule has 2 rings (SSSR count).